The van der Waals surface area contributed by atoms with Gasteiger partial charge < -0.3 is 11.1 Å². The number of anilines is 1. The highest BCUT2D eigenvalue weighted by Gasteiger charge is 2.29. The average molecular weight is 270 g/mol. The number of rotatable bonds is 3. The van der Waals surface area contributed by atoms with Crippen molar-refractivity contribution in [2.75, 3.05) is 12.8 Å². The third kappa shape index (κ3) is 1.96. The molecule has 1 aliphatic rings. The molecule has 2 aromatic rings. The van der Waals surface area contributed by atoms with Crippen molar-refractivity contribution in [2.45, 2.75) is 31.7 Å². The van der Waals surface area contributed by atoms with E-state index in [1.807, 2.05) is 7.05 Å². The quantitative estimate of drug-likeness (QED) is 0.811. The second-order valence-corrected chi connectivity index (χ2v) is 5.56. The Morgan fingerprint density at radius 3 is 2.75 bits per heavy atom. The third-order valence-corrected chi connectivity index (χ3v) is 4.27. The highest BCUT2D eigenvalue weighted by Crippen LogP contribution is 2.33. The zero-order valence-electron chi connectivity index (χ0n) is 11.5. The van der Waals surface area contributed by atoms with Gasteiger partial charge in [-0.15, -0.1) is 0 Å². The fourth-order valence-corrected chi connectivity index (χ4v) is 3.20. The molecular formula is C16H18N2O2. The minimum atomic E-state index is -0.505. The minimum Gasteiger partial charge on any atom is -0.395 e. The van der Waals surface area contributed by atoms with Gasteiger partial charge in [0.2, 0.25) is 10.9 Å². The average Bonchev–Trinajstić information content (AvgIpc) is 2.47. The number of fused-ring (bicyclic) bond motifs is 1. The Balaban J connectivity index is 1.90. The van der Waals surface area contributed by atoms with Crippen molar-refractivity contribution in [3.63, 3.8) is 0 Å². The number of nitrogen functional groups attached to an aromatic ring is 1. The van der Waals surface area contributed by atoms with E-state index in [2.05, 4.69) is 23.5 Å². The zero-order chi connectivity index (χ0) is 14.3. The van der Waals surface area contributed by atoms with Crippen LogP contribution < -0.4 is 21.9 Å². The van der Waals surface area contributed by atoms with Crippen LogP contribution in [0.2, 0.25) is 0 Å². The monoisotopic (exact) mass is 270 g/mol. The van der Waals surface area contributed by atoms with Crippen molar-refractivity contribution in [3.05, 3.63) is 60.9 Å². The van der Waals surface area contributed by atoms with Gasteiger partial charge >= 0.3 is 0 Å². The van der Waals surface area contributed by atoms with Crippen LogP contribution >= 0.6 is 0 Å². The highest BCUT2D eigenvalue weighted by molar-refractivity contribution is 5.55. The molecule has 3 rings (SSSR count). The Bertz CT molecular complexity index is 726. The van der Waals surface area contributed by atoms with Crippen molar-refractivity contribution in [1.29, 1.82) is 0 Å². The van der Waals surface area contributed by atoms with Crippen molar-refractivity contribution in [2.24, 2.45) is 0 Å². The van der Waals surface area contributed by atoms with E-state index >= 15 is 0 Å². The lowest BCUT2D eigenvalue weighted by molar-refractivity contribution is 0.578. The topological polar surface area (TPSA) is 72.2 Å². The van der Waals surface area contributed by atoms with E-state index in [4.69, 9.17) is 5.73 Å². The van der Waals surface area contributed by atoms with Crippen LogP contribution in [0, 0.1) is 0 Å². The second kappa shape index (κ2) is 4.87. The maximum Gasteiger partial charge on any atom is 0.249 e. The van der Waals surface area contributed by atoms with Crippen LogP contribution in [-0.2, 0) is 19.4 Å². The number of benzene rings is 1. The Morgan fingerprint density at radius 1 is 1.25 bits per heavy atom. The van der Waals surface area contributed by atoms with Gasteiger partial charge in [0.1, 0.15) is 0 Å². The molecule has 3 N–H and O–H groups in total. The predicted molar refractivity (Wildman–Crippen MR) is 79.7 cm³/mol. The summed E-state index contributed by atoms with van der Waals surface area (Å²) >= 11 is 0. The SMILES string of the molecule is CNCc1ccc2c(c1)CC(c1c(N)c(=O)c1=O)CC2. The highest BCUT2D eigenvalue weighted by atomic mass is 16.2. The molecule has 0 saturated heterocycles. The number of nitrogens with one attached hydrogen (secondary N) is 1. The van der Waals surface area contributed by atoms with Crippen LogP contribution in [0.25, 0.3) is 0 Å². The molecule has 2 aromatic carbocycles. The molecule has 4 nitrogen and oxygen atoms in total. The molecular weight excluding hydrogens is 252 g/mol. The van der Waals surface area contributed by atoms with Crippen molar-refractivity contribution in [3.8, 4) is 0 Å². The summed E-state index contributed by atoms with van der Waals surface area (Å²) < 4.78 is 0. The van der Waals surface area contributed by atoms with Crippen LogP contribution in [0.4, 0.5) is 5.69 Å². The molecule has 0 aliphatic heterocycles. The van der Waals surface area contributed by atoms with E-state index in [0.717, 1.165) is 25.8 Å². The van der Waals surface area contributed by atoms with Gasteiger partial charge in [-0.05, 0) is 48.9 Å². The van der Waals surface area contributed by atoms with E-state index in [1.54, 1.807) is 0 Å². The van der Waals surface area contributed by atoms with E-state index in [9.17, 15) is 9.59 Å². The number of nitrogens with two attached hydrogens (primary N) is 1. The van der Waals surface area contributed by atoms with Crippen LogP contribution in [0.15, 0.2) is 27.8 Å². The van der Waals surface area contributed by atoms with E-state index in [1.165, 1.54) is 16.7 Å². The molecule has 0 spiro atoms. The number of hydrogen-bond donors (Lipinski definition) is 2. The Labute approximate surface area is 117 Å². The van der Waals surface area contributed by atoms with Crippen molar-refractivity contribution < 1.29 is 0 Å². The van der Waals surface area contributed by atoms with E-state index < -0.39 is 5.43 Å². The molecule has 20 heavy (non-hydrogen) atoms. The molecule has 0 bridgehead atoms. The summed E-state index contributed by atoms with van der Waals surface area (Å²) in [4.78, 5) is 22.9. The summed E-state index contributed by atoms with van der Waals surface area (Å²) in [5, 5.41) is 3.14. The summed E-state index contributed by atoms with van der Waals surface area (Å²) in [6, 6.07) is 6.50. The van der Waals surface area contributed by atoms with Crippen LogP contribution in [0.1, 0.15) is 34.6 Å². The van der Waals surface area contributed by atoms with Gasteiger partial charge in [-0.3, -0.25) is 9.59 Å². The predicted octanol–water partition coefficient (Wildman–Crippen LogP) is 0.857. The van der Waals surface area contributed by atoms with Crippen molar-refractivity contribution >= 4 is 5.69 Å². The molecule has 104 valence electrons. The van der Waals surface area contributed by atoms with Gasteiger partial charge in [0.15, 0.2) is 0 Å². The van der Waals surface area contributed by atoms with E-state index in [0.29, 0.717) is 5.56 Å². The second-order valence-electron chi connectivity index (χ2n) is 5.56. The molecule has 0 saturated carbocycles. The first-order chi connectivity index (χ1) is 9.61. The summed E-state index contributed by atoms with van der Waals surface area (Å²) in [6.07, 6.45) is 2.65. The van der Waals surface area contributed by atoms with Gasteiger partial charge in [-0.2, -0.15) is 0 Å². The lowest BCUT2D eigenvalue weighted by Crippen LogP contribution is -2.40. The molecule has 1 atom stereocenters. The normalized spacial score (nSPS) is 18.1. The maximum atomic E-state index is 11.7. The third-order valence-electron chi connectivity index (χ3n) is 4.27. The smallest absolute Gasteiger partial charge is 0.249 e. The van der Waals surface area contributed by atoms with Gasteiger partial charge in [0, 0.05) is 12.1 Å². The number of aryl methyl sites for hydroxylation is 1. The summed E-state index contributed by atoms with van der Waals surface area (Å²) in [5.41, 5.74) is 9.43. The minimum absolute atomic E-state index is 0.109. The number of hydrogen-bond acceptors (Lipinski definition) is 4. The molecule has 0 heterocycles. The first kappa shape index (κ1) is 13.1. The summed E-state index contributed by atoms with van der Waals surface area (Å²) in [6.45, 7) is 0.834. The molecule has 0 radical (unpaired) electrons. The van der Waals surface area contributed by atoms with Crippen molar-refractivity contribution in [1.82, 2.24) is 5.32 Å². The molecule has 0 aromatic heterocycles. The molecule has 1 aliphatic carbocycles. The van der Waals surface area contributed by atoms with Gasteiger partial charge in [0.05, 0.1) is 5.69 Å². The zero-order valence-corrected chi connectivity index (χ0v) is 11.5. The summed E-state index contributed by atoms with van der Waals surface area (Å²) in [5.74, 6) is 0.109. The van der Waals surface area contributed by atoms with Gasteiger partial charge in [-0.1, -0.05) is 18.2 Å². The summed E-state index contributed by atoms with van der Waals surface area (Å²) in [7, 11) is 1.92. The van der Waals surface area contributed by atoms with Gasteiger partial charge in [-0.25, -0.2) is 0 Å². The lowest BCUT2D eigenvalue weighted by atomic mass is 9.78. The fraction of sp³-hybridized carbons (Fsp3) is 0.375. The molecule has 0 amide bonds. The van der Waals surface area contributed by atoms with E-state index in [-0.39, 0.29) is 17.0 Å². The Hall–Kier alpha value is -1.94. The first-order valence-electron chi connectivity index (χ1n) is 6.95. The standard InChI is InChI=1S/C16H18N2O2/c1-18-8-9-2-3-10-4-5-11(7-12(10)6-9)13-14(17)16(20)15(13)19/h2-3,6,11,18H,4-5,7-8,17H2,1H3. The van der Waals surface area contributed by atoms with Crippen LogP contribution in [-0.4, -0.2) is 7.05 Å². The fourth-order valence-electron chi connectivity index (χ4n) is 3.20. The largest absolute Gasteiger partial charge is 0.395 e. The lowest BCUT2D eigenvalue weighted by Gasteiger charge is -2.26. The van der Waals surface area contributed by atoms with Gasteiger partial charge in [0.25, 0.3) is 0 Å². The maximum absolute atomic E-state index is 11.7. The van der Waals surface area contributed by atoms with Crippen LogP contribution in [0.3, 0.4) is 0 Å². The van der Waals surface area contributed by atoms with Crippen LogP contribution in [0.5, 0.6) is 0 Å². The first-order valence-corrected chi connectivity index (χ1v) is 6.95. The molecule has 1 unspecified atom stereocenters. The molecule has 4 heteroatoms. The molecule has 0 fully saturated rings. The Morgan fingerprint density at radius 2 is 2.05 bits per heavy atom. The Kier molecular flexibility index (Phi) is 3.18.